The van der Waals surface area contributed by atoms with Gasteiger partial charge in [0.1, 0.15) is 11.5 Å². The highest BCUT2D eigenvalue weighted by atomic mass is 16.5. The molecule has 43 heavy (non-hydrogen) atoms. The Bertz CT molecular complexity index is 1630. The molecule has 0 spiro atoms. The Kier molecular flexibility index (Phi) is 9.00. The summed E-state index contributed by atoms with van der Waals surface area (Å²) < 4.78 is 16.5. The third-order valence-electron chi connectivity index (χ3n) is 6.88. The zero-order valence-electron chi connectivity index (χ0n) is 23.9. The van der Waals surface area contributed by atoms with Gasteiger partial charge in [-0.25, -0.2) is 4.79 Å². The van der Waals surface area contributed by atoms with E-state index in [0.29, 0.717) is 29.3 Å². The monoisotopic (exact) mass is 580 g/mol. The molecule has 9 heteroatoms. The average molecular weight is 581 g/mol. The van der Waals surface area contributed by atoms with Gasteiger partial charge in [-0.3, -0.25) is 14.4 Å². The molecule has 1 fully saturated rings. The summed E-state index contributed by atoms with van der Waals surface area (Å²) in [5, 5.41) is 4.69. The van der Waals surface area contributed by atoms with Gasteiger partial charge in [-0.1, -0.05) is 50.2 Å². The smallest absolute Gasteiger partial charge is 0.338 e. The van der Waals surface area contributed by atoms with E-state index in [4.69, 9.17) is 14.2 Å². The van der Waals surface area contributed by atoms with E-state index < -0.39 is 30.4 Å². The number of anilines is 2. The molecule has 2 amide bonds. The summed E-state index contributed by atoms with van der Waals surface area (Å²) in [6.45, 7) is 3.87. The van der Waals surface area contributed by atoms with Gasteiger partial charge in [0, 0.05) is 29.7 Å². The maximum atomic E-state index is 12.7. The summed E-state index contributed by atoms with van der Waals surface area (Å²) >= 11 is 0. The maximum absolute atomic E-state index is 12.7. The number of carbonyl (C=O) groups excluding carboxylic acids is 4. The first kappa shape index (κ1) is 29.3. The van der Waals surface area contributed by atoms with Gasteiger partial charge in [0.25, 0.3) is 5.91 Å². The van der Waals surface area contributed by atoms with E-state index in [1.807, 2.05) is 56.3 Å². The van der Waals surface area contributed by atoms with Crippen molar-refractivity contribution in [2.75, 3.05) is 30.0 Å². The van der Waals surface area contributed by atoms with Crippen molar-refractivity contribution in [3.8, 4) is 11.5 Å². The molecule has 1 aliphatic heterocycles. The molecule has 0 unspecified atom stereocenters. The molecule has 0 aliphatic carbocycles. The summed E-state index contributed by atoms with van der Waals surface area (Å²) in [4.78, 5) is 51.3. The molecule has 1 saturated heterocycles. The number of hydrogen-bond donors (Lipinski definition) is 1. The molecule has 1 heterocycles. The first-order valence-electron chi connectivity index (χ1n) is 14.1. The number of benzene rings is 4. The minimum atomic E-state index is -0.692. The average Bonchev–Trinajstić information content (AvgIpc) is 3.41. The lowest BCUT2D eigenvalue weighted by molar-refractivity contribution is -0.151. The van der Waals surface area contributed by atoms with Gasteiger partial charge in [-0.15, -0.1) is 0 Å². The lowest BCUT2D eigenvalue weighted by atomic mass is 10.1. The van der Waals surface area contributed by atoms with E-state index in [9.17, 15) is 19.2 Å². The first-order valence-corrected chi connectivity index (χ1v) is 14.1. The molecule has 1 N–H and O–H groups in total. The highest BCUT2D eigenvalue weighted by molar-refractivity contribution is 6.00. The van der Waals surface area contributed by atoms with E-state index in [1.54, 1.807) is 48.5 Å². The Labute approximate surface area is 249 Å². The van der Waals surface area contributed by atoms with Gasteiger partial charge in [-0.05, 0) is 65.9 Å². The Balaban J connectivity index is 1.10. The quantitative estimate of drug-likeness (QED) is 0.230. The summed E-state index contributed by atoms with van der Waals surface area (Å²) in [5.41, 5.74) is 1.45. The number of rotatable bonds is 10. The van der Waals surface area contributed by atoms with Crippen molar-refractivity contribution in [3.05, 3.63) is 96.6 Å². The molecular formula is C34H32N2O7. The number of nitrogens with zero attached hydrogens (tertiary/aromatic N) is 1. The molecule has 0 saturated carbocycles. The van der Waals surface area contributed by atoms with Crippen LogP contribution in [0.5, 0.6) is 11.5 Å². The van der Waals surface area contributed by atoms with Crippen LogP contribution in [0.15, 0.2) is 91.0 Å². The fourth-order valence-corrected chi connectivity index (χ4v) is 4.69. The van der Waals surface area contributed by atoms with Crippen LogP contribution in [0.25, 0.3) is 10.8 Å². The normalized spacial score (nSPS) is 14.5. The van der Waals surface area contributed by atoms with E-state index >= 15 is 0 Å². The van der Waals surface area contributed by atoms with E-state index in [1.165, 1.54) is 4.90 Å². The number of carbonyl (C=O) groups is 4. The number of fused-ring (bicyclic) bond motifs is 1. The molecule has 4 aromatic rings. The zero-order valence-corrected chi connectivity index (χ0v) is 23.9. The van der Waals surface area contributed by atoms with Gasteiger partial charge in [0.05, 0.1) is 18.1 Å². The molecule has 0 radical (unpaired) electrons. The van der Waals surface area contributed by atoms with Crippen molar-refractivity contribution in [2.24, 2.45) is 11.8 Å². The molecule has 0 bridgehead atoms. The molecular weight excluding hydrogens is 548 g/mol. The summed E-state index contributed by atoms with van der Waals surface area (Å²) in [6, 6.07) is 27.1. The van der Waals surface area contributed by atoms with E-state index in [-0.39, 0.29) is 24.8 Å². The Morgan fingerprint density at radius 3 is 2.35 bits per heavy atom. The Hall–Kier alpha value is -5.18. The fourth-order valence-electron chi connectivity index (χ4n) is 4.69. The number of esters is 2. The van der Waals surface area contributed by atoms with Crippen LogP contribution in [0.1, 0.15) is 30.6 Å². The van der Waals surface area contributed by atoms with Gasteiger partial charge in [-0.2, -0.15) is 0 Å². The number of amides is 2. The second-order valence-electron chi connectivity index (χ2n) is 10.7. The Morgan fingerprint density at radius 2 is 1.60 bits per heavy atom. The molecule has 1 aliphatic rings. The third kappa shape index (κ3) is 7.37. The van der Waals surface area contributed by atoms with Crippen LogP contribution in [-0.4, -0.2) is 43.5 Å². The van der Waals surface area contributed by atoms with Crippen molar-refractivity contribution in [1.29, 1.82) is 0 Å². The van der Waals surface area contributed by atoms with Crippen molar-refractivity contribution >= 4 is 45.9 Å². The maximum Gasteiger partial charge on any atom is 0.338 e. The van der Waals surface area contributed by atoms with Crippen molar-refractivity contribution in [3.63, 3.8) is 0 Å². The van der Waals surface area contributed by atoms with Crippen LogP contribution in [0, 0.1) is 11.8 Å². The molecule has 9 nitrogen and oxygen atoms in total. The summed E-state index contributed by atoms with van der Waals surface area (Å²) in [7, 11) is 0. The summed E-state index contributed by atoms with van der Waals surface area (Å²) in [6.07, 6.45) is -0.0108. The van der Waals surface area contributed by atoms with Crippen LogP contribution >= 0.6 is 0 Å². The van der Waals surface area contributed by atoms with Crippen LogP contribution in [-0.2, 0) is 23.9 Å². The van der Waals surface area contributed by atoms with Gasteiger partial charge in [0.2, 0.25) is 5.91 Å². The molecule has 5 rings (SSSR count). The summed E-state index contributed by atoms with van der Waals surface area (Å²) in [5.74, 6) is -0.918. The van der Waals surface area contributed by atoms with Gasteiger partial charge >= 0.3 is 11.9 Å². The minimum Gasteiger partial charge on any atom is -0.462 e. The molecule has 1 atom stereocenters. The molecule has 4 aromatic carbocycles. The minimum absolute atomic E-state index is 0.0108. The largest absolute Gasteiger partial charge is 0.462 e. The van der Waals surface area contributed by atoms with E-state index in [2.05, 4.69) is 5.32 Å². The number of hydrogen-bond acceptors (Lipinski definition) is 7. The zero-order chi connectivity index (χ0) is 30.3. The van der Waals surface area contributed by atoms with Gasteiger partial charge in [0.15, 0.2) is 6.61 Å². The van der Waals surface area contributed by atoms with Crippen LogP contribution < -0.4 is 15.0 Å². The second-order valence-corrected chi connectivity index (χ2v) is 10.7. The standard InChI is InChI=1S/C34H32N2O7/c1-22(2)20-41-33(39)24-10-12-26(13-11-24)35-31(37)21-42-34(40)25-18-32(38)36(19-25)27-14-16-28(17-15-27)43-30-9-5-7-23-6-3-4-8-29(23)30/h3-17,22,25H,18-21H2,1-2H3,(H,35,37)/t25-/m0/s1. The van der Waals surface area contributed by atoms with Crippen molar-refractivity contribution in [1.82, 2.24) is 0 Å². The van der Waals surface area contributed by atoms with Crippen LogP contribution in [0.3, 0.4) is 0 Å². The fraction of sp³-hybridized carbons (Fsp3) is 0.235. The SMILES string of the molecule is CC(C)COC(=O)c1ccc(NC(=O)COC(=O)[C@H]2CC(=O)N(c3ccc(Oc4cccc5ccccc45)cc3)C2)cc1. The Morgan fingerprint density at radius 1 is 0.884 bits per heavy atom. The third-order valence-corrected chi connectivity index (χ3v) is 6.88. The van der Waals surface area contributed by atoms with Crippen LogP contribution in [0.2, 0.25) is 0 Å². The van der Waals surface area contributed by atoms with Crippen molar-refractivity contribution < 1.29 is 33.4 Å². The highest BCUT2D eigenvalue weighted by Gasteiger charge is 2.36. The van der Waals surface area contributed by atoms with E-state index in [0.717, 1.165) is 16.5 Å². The van der Waals surface area contributed by atoms with Gasteiger partial charge < -0.3 is 24.4 Å². The predicted octanol–water partition coefficient (Wildman–Crippen LogP) is 5.98. The molecule has 220 valence electrons. The van der Waals surface area contributed by atoms with Crippen molar-refractivity contribution in [2.45, 2.75) is 20.3 Å². The number of nitrogens with one attached hydrogen (secondary N) is 1. The highest BCUT2D eigenvalue weighted by Crippen LogP contribution is 2.32. The topological polar surface area (TPSA) is 111 Å². The second kappa shape index (κ2) is 13.2. The lowest BCUT2D eigenvalue weighted by Gasteiger charge is -2.17. The predicted molar refractivity (Wildman–Crippen MR) is 162 cm³/mol. The first-order chi connectivity index (χ1) is 20.8. The van der Waals surface area contributed by atoms with Crippen LogP contribution in [0.4, 0.5) is 11.4 Å². The molecule has 0 aromatic heterocycles. The lowest BCUT2D eigenvalue weighted by Crippen LogP contribution is -2.28. The number of ether oxygens (including phenoxy) is 3.